The SMILES string of the molecule is Cc1cccc(OC(=O)Cn2c(=O)sc3cccc(Cl)c32)c1. The third kappa shape index (κ3) is 2.91. The van der Waals surface area contributed by atoms with Crippen molar-refractivity contribution in [2.75, 3.05) is 0 Å². The molecule has 0 N–H and O–H groups in total. The summed E-state index contributed by atoms with van der Waals surface area (Å²) >= 11 is 7.19. The molecule has 22 heavy (non-hydrogen) atoms. The number of benzene rings is 2. The molecule has 1 heterocycles. The molecular formula is C16H12ClNO3S. The zero-order chi connectivity index (χ0) is 15.7. The fourth-order valence-corrected chi connectivity index (χ4v) is 3.45. The van der Waals surface area contributed by atoms with E-state index in [2.05, 4.69) is 0 Å². The smallest absolute Gasteiger partial charge is 0.331 e. The number of para-hydroxylation sites is 1. The summed E-state index contributed by atoms with van der Waals surface area (Å²) in [7, 11) is 0. The maximum atomic E-state index is 12.1. The van der Waals surface area contributed by atoms with Gasteiger partial charge in [-0.1, -0.05) is 41.1 Å². The Labute approximate surface area is 135 Å². The minimum atomic E-state index is -0.507. The minimum Gasteiger partial charge on any atom is -0.425 e. The van der Waals surface area contributed by atoms with E-state index in [1.165, 1.54) is 4.57 Å². The number of thiazole rings is 1. The van der Waals surface area contributed by atoms with Gasteiger partial charge >= 0.3 is 10.8 Å². The number of esters is 1. The molecule has 6 heteroatoms. The molecule has 0 atom stereocenters. The Kier molecular flexibility index (Phi) is 4.00. The molecule has 2 aromatic carbocycles. The van der Waals surface area contributed by atoms with Crippen molar-refractivity contribution < 1.29 is 9.53 Å². The zero-order valence-corrected chi connectivity index (χ0v) is 13.3. The Hall–Kier alpha value is -2.11. The van der Waals surface area contributed by atoms with Crippen LogP contribution in [-0.2, 0) is 11.3 Å². The molecule has 0 aliphatic rings. The van der Waals surface area contributed by atoms with E-state index in [0.29, 0.717) is 16.3 Å². The van der Waals surface area contributed by atoms with Crippen LogP contribution < -0.4 is 9.61 Å². The van der Waals surface area contributed by atoms with Crippen LogP contribution in [0.2, 0.25) is 5.02 Å². The normalized spacial score (nSPS) is 10.8. The van der Waals surface area contributed by atoms with Gasteiger partial charge in [-0.25, -0.2) is 4.79 Å². The van der Waals surface area contributed by atoms with E-state index in [-0.39, 0.29) is 11.4 Å². The van der Waals surface area contributed by atoms with Crippen LogP contribution >= 0.6 is 22.9 Å². The Morgan fingerprint density at radius 3 is 2.82 bits per heavy atom. The lowest BCUT2D eigenvalue weighted by atomic mass is 10.2. The third-order valence-electron chi connectivity index (χ3n) is 3.15. The second-order valence-electron chi connectivity index (χ2n) is 4.83. The molecule has 0 bridgehead atoms. The number of carbonyl (C=O) groups excluding carboxylic acids is 1. The number of halogens is 1. The molecule has 0 saturated carbocycles. The number of hydrogen-bond donors (Lipinski definition) is 0. The van der Waals surface area contributed by atoms with Crippen molar-refractivity contribution in [1.29, 1.82) is 0 Å². The standard InChI is InChI=1S/C16H12ClNO3S/c1-10-4-2-5-11(8-10)21-14(19)9-18-15-12(17)6-3-7-13(15)22-16(18)20/h2-8H,9H2,1H3. The summed E-state index contributed by atoms with van der Waals surface area (Å²) in [6.07, 6.45) is 0. The van der Waals surface area contributed by atoms with Gasteiger partial charge in [0.25, 0.3) is 0 Å². The van der Waals surface area contributed by atoms with Crippen molar-refractivity contribution >= 4 is 39.1 Å². The van der Waals surface area contributed by atoms with E-state index in [1.54, 1.807) is 36.4 Å². The van der Waals surface area contributed by atoms with Crippen molar-refractivity contribution in [3.63, 3.8) is 0 Å². The number of carbonyl (C=O) groups is 1. The number of aryl methyl sites for hydroxylation is 1. The van der Waals surface area contributed by atoms with Gasteiger partial charge in [-0.2, -0.15) is 0 Å². The first-order chi connectivity index (χ1) is 10.5. The van der Waals surface area contributed by atoms with Gasteiger partial charge in [-0.15, -0.1) is 0 Å². The summed E-state index contributed by atoms with van der Waals surface area (Å²) in [5, 5.41) is 0.444. The lowest BCUT2D eigenvalue weighted by Gasteiger charge is -2.06. The molecule has 0 aliphatic carbocycles. The lowest BCUT2D eigenvalue weighted by Crippen LogP contribution is -2.22. The molecule has 112 valence electrons. The second-order valence-corrected chi connectivity index (χ2v) is 6.23. The Balaban J connectivity index is 1.88. The summed E-state index contributed by atoms with van der Waals surface area (Å²) in [6.45, 7) is 1.74. The van der Waals surface area contributed by atoms with Crippen molar-refractivity contribution in [3.8, 4) is 5.75 Å². The molecule has 0 aliphatic heterocycles. The van der Waals surface area contributed by atoms with Gasteiger partial charge in [0.05, 0.1) is 15.2 Å². The van der Waals surface area contributed by atoms with Crippen LogP contribution in [0.5, 0.6) is 5.75 Å². The van der Waals surface area contributed by atoms with Gasteiger partial charge in [0, 0.05) is 0 Å². The van der Waals surface area contributed by atoms with Gasteiger partial charge in [0.15, 0.2) is 0 Å². The average Bonchev–Trinajstić information content (AvgIpc) is 2.76. The quantitative estimate of drug-likeness (QED) is 0.543. The van der Waals surface area contributed by atoms with Crippen molar-refractivity contribution in [3.05, 3.63) is 62.7 Å². The molecule has 0 unspecified atom stereocenters. The summed E-state index contributed by atoms with van der Waals surface area (Å²) in [5.74, 6) is -0.0454. The molecule has 4 nitrogen and oxygen atoms in total. The number of rotatable bonds is 3. The summed E-state index contributed by atoms with van der Waals surface area (Å²) in [5.41, 5.74) is 1.56. The first-order valence-corrected chi connectivity index (χ1v) is 7.79. The first kappa shape index (κ1) is 14.8. The Bertz CT molecular complexity index is 913. The van der Waals surface area contributed by atoms with Crippen LogP contribution in [0.25, 0.3) is 10.2 Å². The highest BCUT2D eigenvalue weighted by Crippen LogP contribution is 2.25. The molecule has 0 radical (unpaired) electrons. The van der Waals surface area contributed by atoms with Crippen LogP contribution in [0.3, 0.4) is 0 Å². The number of ether oxygens (including phenoxy) is 1. The van der Waals surface area contributed by atoms with E-state index >= 15 is 0 Å². The Morgan fingerprint density at radius 1 is 1.27 bits per heavy atom. The highest BCUT2D eigenvalue weighted by molar-refractivity contribution is 7.16. The summed E-state index contributed by atoms with van der Waals surface area (Å²) in [6, 6.07) is 12.4. The summed E-state index contributed by atoms with van der Waals surface area (Å²) in [4.78, 5) is 23.9. The third-order valence-corrected chi connectivity index (χ3v) is 4.40. The highest BCUT2D eigenvalue weighted by atomic mass is 35.5. The predicted octanol–water partition coefficient (Wildman–Crippen LogP) is 3.63. The van der Waals surface area contributed by atoms with E-state index < -0.39 is 5.97 Å². The van der Waals surface area contributed by atoms with Gasteiger partial charge in [-0.05, 0) is 36.8 Å². The molecular weight excluding hydrogens is 322 g/mol. The minimum absolute atomic E-state index is 0.170. The number of hydrogen-bond acceptors (Lipinski definition) is 4. The Morgan fingerprint density at radius 2 is 2.05 bits per heavy atom. The molecule has 3 rings (SSSR count). The van der Waals surface area contributed by atoms with Crippen LogP contribution in [0.15, 0.2) is 47.3 Å². The fraction of sp³-hybridized carbons (Fsp3) is 0.125. The van der Waals surface area contributed by atoms with Crippen LogP contribution in [-0.4, -0.2) is 10.5 Å². The maximum absolute atomic E-state index is 12.1. The van der Waals surface area contributed by atoms with Crippen molar-refractivity contribution in [1.82, 2.24) is 4.57 Å². The van der Waals surface area contributed by atoms with Crippen molar-refractivity contribution in [2.24, 2.45) is 0 Å². The molecule has 1 aromatic heterocycles. The van der Waals surface area contributed by atoms with E-state index in [1.807, 2.05) is 13.0 Å². The zero-order valence-electron chi connectivity index (χ0n) is 11.7. The van der Waals surface area contributed by atoms with Crippen molar-refractivity contribution in [2.45, 2.75) is 13.5 Å². The van der Waals surface area contributed by atoms with Crippen LogP contribution in [0.1, 0.15) is 5.56 Å². The van der Waals surface area contributed by atoms with Crippen LogP contribution in [0.4, 0.5) is 0 Å². The van der Waals surface area contributed by atoms with Gasteiger partial charge in [0.1, 0.15) is 12.3 Å². The second kappa shape index (κ2) is 5.94. The molecule has 0 amide bonds. The molecule has 0 saturated heterocycles. The van der Waals surface area contributed by atoms with Crippen LogP contribution in [0, 0.1) is 6.92 Å². The topological polar surface area (TPSA) is 48.3 Å². The monoisotopic (exact) mass is 333 g/mol. The number of aromatic nitrogens is 1. The molecule has 0 fully saturated rings. The van der Waals surface area contributed by atoms with E-state index in [4.69, 9.17) is 16.3 Å². The van der Waals surface area contributed by atoms with Gasteiger partial charge < -0.3 is 4.74 Å². The predicted molar refractivity (Wildman–Crippen MR) is 87.9 cm³/mol. The van der Waals surface area contributed by atoms with E-state index in [0.717, 1.165) is 21.6 Å². The lowest BCUT2D eigenvalue weighted by molar-refractivity contribution is -0.135. The average molecular weight is 334 g/mol. The molecule has 3 aromatic rings. The summed E-state index contributed by atoms with van der Waals surface area (Å²) < 4.78 is 7.37. The largest absolute Gasteiger partial charge is 0.425 e. The molecule has 0 spiro atoms. The number of nitrogens with zero attached hydrogens (tertiary/aromatic N) is 1. The van der Waals surface area contributed by atoms with Gasteiger partial charge in [0.2, 0.25) is 0 Å². The first-order valence-electron chi connectivity index (χ1n) is 6.60. The highest BCUT2D eigenvalue weighted by Gasteiger charge is 2.15. The van der Waals surface area contributed by atoms with E-state index in [9.17, 15) is 9.59 Å². The fourth-order valence-electron chi connectivity index (χ4n) is 2.20. The van der Waals surface area contributed by atoms with Gasteiger partial charge in [-0.3, -0.25) is 9.36 Å². The maximum Gasteiger partial charge on any atom is 0.331 e. The number of fused-ring (bicyclic) bond motifs is 1.